The van der Waals surface area contributed by atoms with Crippen LogP contribution in [0.25, 0.3) is 5.95 Å². The second kappa shape index (κ2) is 5.67. The molecule has 0 aliphatic carbocycles. The lowest BCUT2D eigenvalue weighted by molar-refractivity contribution is 0.434. The van der Waals surface area contributed by atoms with Gasteiger partial charge in [0, 0.05) is 17.4 Å². The van der Waals surface area contributed by atoms with Gasteiger partial charge in [0.15, 0.2) is 0 Å². The largest absolute Gasteiger partial charge is 0.424 e. The molecule has 21 heavy (non-hydrogen) atoms. The van der Waals surface area contributed by atoms with E-state index >= 15 is 0 Å². The van der Waals surface area contributed by atoms with Crippen LogP contribution in [0.4, 0.5) is 0 Å². The van der Waals surface area contributed by atoms with Crippen molar-refractivity contribution in [2.24, 2.45) is 0 Å². The molecule has 0 radical (unpaired) electrons. The Morgan fingerprint density at radius 1 is 1.14 bits per heavy atom. The van der Waals surface area contributed by atoms with Crippen molar-refractivity contribution < 1.29 is 4.74 Å². The molecule has 6 nitrogen and oxygen atoms in total. The number of rotatable bonds is 3. The Balaban J connectivity index is 1.97. The summed E-state index contributed by atoms with van der Waals surface area (Å²) in [6.07, 6.45) is 3.30. The van der Waals surface area contributed by atoms with Crippen molar-refractivity contribution in [2.75, 3.05) is 0 Å². The topological polar surface area (TPSA) is 65.7 Å². The Kier molecular flexibility index (Phi) is 3.72. The quantitative estimate of drug-likeness (QED) is 0.739. The van der Waals surface area contributed by atoms with Crippen LogP contribution in [0.2, 0.25) is 10.3 Å². The number of aryl methyl sites for hydroxylation is 1. The molecule has 2 aromatic heterocycles. The smallest absolute Gasteiger partial charge is 0.328 e. The third-order valence-electron chi connectivity index (χ3n) is 2.64. The van der Waals surface area contributed by atoms with Gasteiger partial charge >= 0.3 is 6.01 Å². The van der Waals surface area contributed by atoms with E-state index < -0.39 is 0 Å². The fraction of sp³-hybridized carbons (Fsp3) is 0.0769. The van der Waals surface area contributed by atoms with E-state index in [1.165, 1.54) is 4.68 Å². The Bertz CT molecular complexity index is 776. The number of nitrogens with zero attached hydrogens (tertiary/aromatic N) is 5. The van der Waals surface area contributed by atoms with Crippen LogP contribution in [0, 0.1) is 6.92 Å². The summed E-state index contributed by atoms with van der Waals surface area (Å²) in [7, 11) is 0. The Labute approximate surface area is 130 Å². The maximum Gasteiger partial charge on any atom is 0.328 e. The number of halogens is 2. The number of hydrogen-bond donors (Lipinski definition) is 0. The summed E-state index contributed by atoms with van der Waals surface area (Å²) in [5.41, 5.74) is 0.900. The highest BCUT2D eigenvalue weighted by Gasteiger charge is 2.10. The Morgan fingerprint density at radius 2 is 2.00 bits per heavy atom. The van der Waals surface area contributed by atoms with Crippen molar-refractivity contribution >= 4 is 23.2 Å². The predicted molar refractivity (Wildman–Crippen MR) is 78.2 cm³/mol. The van der Waals surface area contributed by atoms with Crippen molar-refractivity contribution in [3.8, 4) is 17.7 Å². The summed E-state index contributed by atoms with van der Waals surface area (Å²) in [6.45, 7) is 1.89. The van der Waals surface area contributed by atoms with Crippen LogP contribution < -0.4 is 4.74 Å². The van der Waals surface area contributed by atoms with Crippen LogP contribution >= 0.6 is 23.2 Å². The lowest BCUT2D eigenvalue weighted by atomic mass is 10.2. The maximum atomic E-state index is 5.95. The van der Waals surface area contributed by atoms with Gasteiger partial charge < -0.3 is 4.74 Å². The first kappa shape index (κ1) is 13.8. The van der Waals surface area contributed by atoms with Gasteiger partial charge in [-0.15, -0.1) is 0 Å². The number of aromatic nitrogens is 5. The van der Waals surface area contributed by atoms with Gasteiger partial charge in [-0.1, -0.05) is 17.7 Å². The van der Waals surface area contributed by atoms with Crippen LogP contribution in [-0.2, 0) is 0 Å². The molecule has 106 valence electrons. The molecule has 0 amide bonds. The molecular formula is C13H9Cl2N5O. The number of ether oxygens (including phenoxy) is 1. The molecule has 0 N–H and O–H groups in total. The van der Waals surface area contributed by atoms with Gasteiger partial charge in [0.2, 0.25) is 5.28 Å². The Hall–Kier alpha value is -2.18. The molecule has 1 aromatic carbocycles. The summed E-state index contributed by atoms with van der Waals surface area (Å²) < 4.78 is 7.10. The molecular weight excluding hydrogens is 313 g/mol. The van der Waals surface area contributed by atoms with Crippen LogP contribution in [0.5, 0.6) is 11.8 Å². The second-order valence-electron chi connectivity index (χ2n) is 4.15. The van der Waals surface area contributed by atoms with E-state index in [9.17, 15) is 0 Å². The normalized spacial score (nSPS) is 10.6. The highest BCUT2D eigenvalue weighted by molar-refractivity contribution is 6.30. The van der Waals surface area contributed by atoms with Crippen molar-refractivity contribution in [2.45, 2.75) is 6.92 Å². The first-order valence-corrected chi connectivity index (χ1v) is 6.73. The summed E-state index contributed by atoms with van der Waals surface area (Å²) in [5.74, 6) is 0.825. The molecule has 2 heterocycles. The van der Waals surface area contributed by atoms with Gasteiger partial charge in [-0.05, 0) is 42.3 Å². The summed E-state index contributed by atoms with van der Waals surface area (Å²) in [6, 6.07) is 7.13. The second-order valence-corrected chi connectivity index (χ2v) is 4.92. The molecule has 3 rings (SSSR count). The molecule has 0 bridgehead atoms. The van der Waals surface area contributed by atoms with Gasteiger partial charge in [0.25, 0.3) is 5.95 Å². The van der Waals surface area contributed by atoms with E-state index in [0.717, 1.165) is 5.56 Å². The third kappa shape index (κ3) is 3.12. The van der Waals surface area contributed by atoms with Gasteiger partial charge in [0.05, 0.1) is 0 Å². The fourth-order valence-corrected chi connectivity index (χ4v) is 1.95. The van der Waals surface area contributed by atoms with Crippen molar-refractivity contribution in [3.63, 3.8) is 0 Å². The predicted octanol–water partition coefficient (Wildman–Crippen LogP) is 3.46. The lowest BCUT2D eigenvalue weighted by Crippen LogP contribution is -2.05. The molecule has 0 atom stereocenters. The van der Waals surface area contributed by atoms with Crippen LogP contribution in [-0.4, -0.2) is 24.7 Å². The minimum Gasteiger partial charge on any atom is -0.424 e. The molecule has 0 aliphatic rings. The van der Waals surface area contributed by atoms with E-state index in [1.807, 2.05) is 13.0 Å². The maximum absolute atomic E-state index is 5.95. The highest BCUT2D eigenvalue weighted by Crippen LogP contribution is 2.26. The molecule has 0 unspecified atom stereocenters. The van der Waals surface area contributed by atoms with Gasteiger partial charge in [0.1, 0.15) is 5.75 Å². The number of benzene rings is 1. The zero-order valence-electron chi connectivity index (χ0n) is 10.9. The minimum atomic E-state index is 0.0187. The molecule has 0 saturated heterocycles. The zero-order chi connectivity index (χ0) is 14.8. The zero-order valence-corrected chi connectivity index (χ0v) is 12.4. The first-order valence-electron chi connectivity index (χ1n) is 5.97. The lowest BCUT2D eigenvalue weighted by Gasteiger charge is -2.08. The van der Waals surface area contributed by atoms with Crippen LogP contribution in [0.15, 0.2) is 36.7 Å². The van der Waals surface area contributed by atoms with Crippen LogP contribution in [0.3, 0.4) is 0 Å². The monoisotopic (exact) mass is 321 g/mol. The Morgan fingerprint density at radius 3 is 2.76 bits per heavy atom. The van der Waals surface area contributed by atoms with Gasteiger partial charge in [-0.25, -0.2) is 4.68 Å². The molecule has 3 aromatic rings. The molecule has 0 fully saturated rings. The summed E-state index contributed by atoms with van der Waals surface area (Å²) in [4.78, 5) is 12.1. The fourth-order valence-electron chi connectivity index (χ4n) is 1.64. The van der Waals surface area contributed by atoms with E-state index in [1.54, 1.807) is 30.6 Å². The van der Waals surface area contributed by atoms with E-state index in [4.69, 9.17) is 27.9 Å². The summed E-state index contributed by atoms with van der Waals surface area (Å²) >= 11 is 11.8. The molecule has 8 heteroatoms. The van der Waals surface area contributed by atoms with Gasteiger partial charge in [-0.3, -0.25) is 0 Å². The first-order chi connectivity index (χ1) is 10.1. The van der Waals surface area contributed by atoms with Crippen molar-refractivity contribution in [1.29, 1.82) is 0 Å². The van der Waals surface area contributed by atoms with Crippen molar-refractivity contribution in [3.05, 3.63) is 52.5 Å². The average molecular weight is 322 g/mol. The molecule has 0 saturated carbocycles. The van der Waals surface area contributed by atoms with E-state index in [2.05, 4.69) is 20.1 Å². The molecule has 0 aliphatic heterocycles. The van der Waals surface area contributed by atoms with E-state index in [0.29, 0.717) is 10.8 Å². The number of hydrogen-bond acceptors (Lipinski definition) is 5. The average Bonchev–Trinajstić information content (AvgIpc) is 2.96. The summed E-state index contributed by atoms with van der Waals surface area (Å²) in [5, 5.41) is 4.61. The van der Waals surface area contributed by atoms with Gasteiger partial charge in [-0.2, -0.15) is 20.1 Å². The standard InChI is InChI=1S/C13H9Cl2N5O/c1-8-3-4-9(14)7-10(8)21-13-18-11(15)17-12(19-13)20-6-2-5-16-20/h2-7H,1H3. The van der Waals surface area contributed by atoms with Crippen LogP contribution in [0.1, 0.15) is 5.56 Å². The minimum absolute atomic E-state index is 0.0187. The highest BCUT2D eigenvalue weighted by atomic mass is 35.5. The van der Waals surface area contributed by atoms with Crippen molar-refractivity contribution in [1.82, 2.24) is 24.7 Å². The third-order valence-corrected chi connectivity index (χ3v) is 3.04. The van der Waals surface area contributed by atoms with E-state index in [-0.39, 0.29) is 17.2 Å². The molecule has 0 spiro atoms. The SMILES string of the molecule is Cc1ccc(Cl)cc1Oc1nc(Cl)nc(-n2cccn2)n1.